The average Bonchev–Trinajstić information content (AvgIpc) is 2.80. The smallest absolute Gasteiger partial charge is 0.193 e. The van der Waals surface area contributed by atoms with Crippen LogP contribution in [0.25, 0.3) is 0 Å². The summed E-state index contributed by atoms with van der Waals surface area (Å²) in [5, 5.41) is 3.48. The van der Waals surface area contributed by atoms with Gasteiger partial charge in [0.2, 0.25) is 0 Å². The number of aliphatic imine (C=N–C) groups is 1. The third-order valence-corrected chi connectivity index (χ3v) is 5.39. The second-order valence-corrected chi connectivity index (χ2v) is 7.05. The summed E-state index contributed by atoms with van der Waals surface area (Å²) in [6.07, 6.45) is 1.73. The first-order chi connectivity index (χ1) is 14.6. The molecule has 162 valence electrons. The molecule has 1 aliphatic rings. The standard InChI is InChI=1S/C23H31N3O4/c1-24-23(25-10-8-17-12-19(27-2)6-7-20(17)28-3)26-11-9-16-13-21(29-4)22(30-5)14-18(16)15-26/h6-7,12-14H,8-11,15H2,1-5H3,(H,24,25). The summed E-state index contributed by atoms with van der Waals surface area (Å²) in [5.41, 5.74) is 3.62. The fraction of sp³-hybridized carbons (Fsp3) is 0.435. The number of rotatable bonds is 7. The van der Waals surface area contributed by atoms with E-state index in [-0.39, 0.29) is 0 Å². The molecule has 0 saturated carbocycles. The number of hydrogen-bond acceptors (Lipinski definition) is 5. The summed E-state index contributed by atoms with van der Waals surface area (Å²) >= 11 is 0. The van der Waals surface area contributed by atoms with Gasteiger partial charge in [-0.15, -0.1) is 0 Å². The summed E-state index contributed by atoms with van der Waals surface area (Å²) in [6, 6.07) is 10.0. The van der Waals surface area contributed by atoms with Gasteiger partial charge in [0.1, 0.15) is 11.5 Å². The van der Waals surface area contributed by atoms with Gasteiger partial charge in [0.05, 0.1) is 28.4 Å². The number of ether oxygens (including phenoxy) is 4. The Morgan fingerprint density at radius 3 is 2.27 bits per heavy atom. The predicted molar refractivity (Wildman–Crippen MR) is 118 cm³/mol. The number of benzene rings is 2. The Hall–Kier alpha value is -3.09. The Morgan fingerprint density at radius 2 is 1.63 bits per heavy atom. The van der Waals surface area contributed by atoms with Crippen LogP contribution in [0.3, 0.4) is 0 Å². The van der Waals surface area contributed by atoms with Gasteiger partial charge in [0.25, 0.3) is 0 Å². The monoisotopic (exact) mass is 413 g/mol. The molecule has 30 heavy (non-hydrogen) atoms. The van der Waals surface area contributed by atoms with Crippen molar-refractivity contribution < 1.29 is 18.9 Å². The van der Waals surface area contributed by atoms with Gasteiger partial charge < -0.3 is 29.2 Å². The number of fused-ring (bicyclic) bond motifs is 1. The zero-order chi connectivity index (χ0) is 21.5. The first-order valence-corrected chi connectivity index (χ1v) is 10.0. The minimum absolute atomic E-state index is 0.742. The van der Waals surface area contributed by atoms with Gasteiger partial charge >= 0.3 is 0 Å². The van der Waals surface area contributed by atoms with Crippen LogP contribution in [-0.4, -0.2) is 59.4 Å². The van der Waals surface area contributed by atoms with Crippen molar-refractivity contribution in [2.45, 2.75) is 19.4 Å². The van der Waals surface area contributed by atoms with Crippen molar-refractivity contribution >= 4 is 5.96 Å². The highest BCUT2D eigenvalue weighted by atomic mass is 16.5. The van der Waals surface area contributed by atoms with Crippen LogP contribution in [0.1, 0.15) is 16.7 Å². The van der Waals surface area contributed by atoms with Crippen molar-refractivity contribution in [3.63, 3.8) is 0 Å². The molecule has 3 rings (SSSR count). The molecular formula is C23H31N3O4. The normalized spacial score (nSPS) is 13.5. The summed E-state index contributed by atoms with van der Waals surface area (Å²) in [4.78, 5) is 6.75. The molecule has 0 amide bonds. The lowest BCUT2D eigenvalue weighted by Crippen LogP contribution is -2.44. The number of nitrogens with zero attached hydrogens (tertiary/aromatic N) is 2. The van der Waals surface area contributed by atoms with E-state index in [1.165, 1.54) is 11.1 Å². The molecule has 0 unspecified atom stereocenters. The van der Waals surface area contributed by atoms with E-state index < -0.39 is 0 Å². The van der Waals surface area contributed by atoms with Crippen LogP contribution in [0.4, 0.5) is 0 Å². The van der Waals surface area contributed by atoms with E-state index in [0.717, 1.165) is 67.0 Å². The molecule has 1 aliphatic heterocycles. The van der Waals surface area contributed by atoms with E-state index in [1.807, 2.05) is 25.2 Å². The second kappa shape index (κ2) is 10.1. The number of nitrogens with one attached hydrogen (secondary N) is 1. The molecule has 2 aromatic carbocycles. The zero-order valence-corrected chi connectivity index (χ0v) is 18.4. The molecular weight excluding hydrogens is 382 g/mol. The SMILES string of the molecule is CN=C(NCCc1cc(OC)ccc1OC)N1CCc2cc(OC)c(OC)cc2C1. The van der Waals surface area contributed by atoms with Gasteiger partial charge in [-0.1, -0.05) is 0 Å². The highest BCUT2D eigenvalue weighted by Crippen LogP contribution is 2.33. The minimum Gasteiger partial charge on any atom is -0.497 e. The maximum Gasteiger partial charge on any atom is 0.193 e. The molecule has 0 fully saturated rings. The second-order valence-electron chi connectivity index (χ2n) is 7.05. The predicted octanol–water partition coefficient (Wildman–Crippen LogP) is 2.90. The summed E-state index contributed by atoms with van der Waals surface area (Å²) in [7, 11) is 8.51. The van der Waals surface area contributed by atoms with E-state index in [0.29, 0.717) is 0 Å². The maximum absolute atomic E-state index is 5.48. The molecule has 7 nitrogen and oxygen atoms in total. The Kier molecular flexibility index (Phi) is 7.27. The molecule has 0 aromatic heterocycles. The van der Waals surface area contributed by atoms with Crippen LogP contribution >= 0.6 is 0 Å². The number of methoxy groups -OCH3 is 4. The third-order valence-electron chi connectivity index (χ3n) is 5.39. The molecule has 0 aliphatic carbocycles. The van der Waals surface area contributed by atoms with E-state index in [4.69, 9.17) is 18.9 Å². The third kappa shape index (κ3) is 4.72. The van der Waals surface area contributed by atoms with Crippen LogP contribution in [0.5, 0.6) is 23.0 Å². The summed E-state index contributed by atoms with van der Waals surface area (Å²) in [5.74, 6) is 4.11. The maximum atomic E-state index is 5.48. The highest BCUT2D eigenvalue weighted by Gasteiger charge is 2.21. The zero-order valence-electron chi connectivity index (χ0n) is 18.4. The van der Waals surface area contributed by atoms with Crippen LogP contribution < -0.4 is 24.3 Å². The highest BCUT2D eigenvalue weighted by molar-refractivity contribution is 5.80. The lowest BCUT2D eigenvalue weighted by atomic mass is 9.99. The number of guanidine groups is 1. The van der Waals surface area contributed by atoms with Crippen LogP contribution in [-0.2, 0) is 19.4 Å². The van der Waals surface area contributed by atoms with Gasteiger partial charge in [-0.3, -0.25) is 4.99 Å². The molecule has 1 heterocycles. The molecule has 0 spiro atoms. The lowest BCUT2D eigenvalue weighted by molar-refractivity contribution is 0.346. The van der Waals surface area contributed by atoms with E-state index >= 15 is 0 Å². The summed E-state index contributed by atoms with van der Waals surface area (Å²) in [6.45, 7) is 2.41. The van der Waals surface area contributed by atoms with Gasteiger partial charge in [0.15, 0.2) is 17.5 Å². The van der Waals surface area contributed by atoms with E-state index in [2.05, 4.69) is 27.3 Å². The van der Waals surface area contributed by atoms with Crippen LogP contribution in [0, 0.1) is 0 Å². The Balaban J connectivity index is 1.65. The Bertz CT molecular complexity index is 898. The fourth-order valence-electron chi connectivity index (χ4n) is 3.78. The number of hydrogen-bond donors (Lipinski definition) is 1. The van der Waals surface area contributed by atoms with Gasteiger partial charge in [-0.2, -0.15) is 0 Å². The Labute approximate surface area is 178 Å². The average molecular weight is 414 g/mol. The van der Waals surface area contributed by atoms with Gasteiger partial charge in [-0.25, -0.2) is 0 Å². The van der Waals surface area contributed by atoms with Gasteiger partial charge in [0, 0.05) is 26.7 Å². The summed E-state index contributed by atoms with van der Waals surface area (Å²) < 4.78 is 21.7. The minimum atomic E-state index is 0.742. The quantitative estimate of drug-likeness (QED) is 0.556. The molecule has 1 N–H and O–H groups in total. The van der Waals surface area contributed by atoms with E-state index in [9.17, 15) is 0 Å². The molecule has 0 radical (unpaired) electrons. The van der Waals surface area contributed by atoms with Crippen molar-refractivity contribution in [2.24, 2.45) is 4.99 Å². The van der Waals surface area contributed by atoms with Crippen LogP contribution in [0.15, 0.2) is 35.3 Å². The van der Waals surface area contributed by atoms with Crippen LogP contribution in [0.2, 0.25) is 0 Å². The molecule has 7 heteroatoms. The van der Waals surface area contributed by atoms with Crippen molar-refractivity contribution in [3.05, 3.63) is 47.0 Å². The molecule has 0 bridgehead atoms. The first kappa shape index (κ1) is 21.6. The van der Waals surface area contributed by atoms with Crippen molar-refractivity contribution in [1.82, 2.24) is 10.2 Å². The van der Waals surface area contributed by atoms with Gasteiger partial charge in [-0.05, 0) is 59.9 Å². The topological polar surface area (TPSA) is 64.6 Å². The molecule has 0 atom stereocenters. The van der Waals surface area contributed by atoms with Crippen molar-refractivity contribution in [2.75, 3.05) is 48.6 Å². The van der Waals surface area contributed by atoms with Crippen molar-refractivity contribution in [3.8, 4) is 23.0 Å². The molecule has 0 saturated heterocycles. The first-order valence-electron chi connectivity index (χ1n) is 10.0. The van der Waals surface area contributed by atoms with E-state index in [1.54, 1.807) is 28.4 Å². The lowest BCUT2D eigenvalue weighted by Gasteiger charge is -2.32. The largest absolute Gasteiger partial charge is 0.497 e. The Morgan fingerprint density at radius 1 is 0.933 bits per heavy atom. The molecule has 2 aromatic rings. The fourth-order valence-corrected chi connectivity index (χ4v) is 3.78. The van der Waals surface area contributed by atoms with Crippen molar-refractivity contribution in [1.29, 1.82) is 0 Å².